The van der Waals surface area contributed by atoms with Gasteiger partial charge in [0.2, 0.25) is 0 Å². The van der Waals surface area contributed by atoms with Crippen molar-refractivity contribution < 1.29 is 41.5 Å². The zero-order chi connectivity index (χ0) is 29.2. The fourth-order valence-corrected chi connectivity index (χ4v) is 4.35. The van der Waals surface area contributed by atoms with Gasteiger partial charge in [-0.15, -0.1) is 0 Å². The van der Waals surface area contributed by atoms with Crippen molar-refractivity contribution in [1.29, 1.82) is 0 Å². The van der Waals surface area contributed by atoms with Gasteiger partial charge in [0.25, 0.3) is 5.56 Å². The molecule has 0 bridgehead atoms. The van der Waals surface area contributed by atoms with Gasteiger partial charge < -0.3 is 32.9 Å². The zero-order valence-electron chi connectivity index (χ0n) is 23.9. The summed E-state index contributed by atoms with van der Waals surface area (Å²) in [6.45, 7) is 16.6. The molecule has 1 aromatic heterocycles. The van der Waals surface area contributed by atoms with Crippen LogP contribution in [0.5, 0.6) is 0 Å². The van der Waals surface area contributed by atoms with Crippen LogP contribution in [0.15, 0.2) is 23.1 Å². The number of rotatable bonds is 8. The standard InChI is InChI=1S/C24H38B3F3NO7/c1-18(2,33)19(3,4)34-25-27-36-21(7,8)23(10,38-27)14-22(9)20(5,6)35-26(37-22)16-11-12-17(32)31(13-16)15-24(28,29)30/h11-13,33H,14-15H2,1-10H3. The third kappa shape index (κ3) is 6.20. The fraction of sp³-hybridized carbons (Fsp3) is 0.792. The SMILES string of the molecule is CC(C)(O)C(C)(C)O[B]B1OC(C)(C)C(C)(CC2(C)OB(c3ccc(=O)n(CC(F)(F)F)c3)OC2(C)C)O1. The van der Waals surface area contributed by atoms with Crippen LogP contribution in [0.1, 0.15) is 75.7 Å². The molecule has 0 aliphatic carbocycles. The third-order valence-corrected chi connectivity index (χ3v) is 8.35. The summed E-state index contributed by atoms with van der Waals surface area (Å²) in [5.74, 6) is 0. The maximum Gasteiger partial charge on any atom is 0.496 e. The molecular weight excluding hydrogens is 504 g/mol. The number of pyridine rings is 1. The molecule has 2 saturated heterocycles. The molecule has 8 nitrogen and oxygen atoms in total. The van der Waals surface area contributed by atoms with Crippen LogP contribution in [0.4, 0.5) is 13.2 Å². The van der Waals surface area contributed by atoms with Crippen molar-refractivity contribution in [3.05, 3.63) is 28.7 Å². The Balaban J connectivity index is 1.80. The fourth-order valence-electron chi connectivity index (χ4n) is 4.35. The number of aliphatic hydroxyl groups is 1. The van der Waals surface area contributed by atoms with Crippen LogP contribution in [-0.4, -0.2) is 71.0 Å². The Morgan fingerprint density at radius 1 is 0.947 bits per heavy atom. The topological polar surface area (TPSA) is 88.4 Å². The maximum absolute atomic E-state index is 13.0. The smallest absolute Gasteiger partial charge is 0.435 e. The van der Waals surface area contributed by atoms with Crippen LogP contribution in [0.25, 0.3) is 0 Å². The molecule has 2 atom stereocenters. The Morgan fingerprint density at radius 2 is 1.50 bits per heavy atom. The van der Waals surface area contributed by atoms with Crippen LogP contribution in [-0.2, 0) is 29.8 Å². The minimum absolute atomic E-state index is 0.298. The van der Waals surface area contributed by atoms with Gasteiger partial charge in [-0.25, -0.2) is 0 Å². The summed E-state index contributed by atoms with van der Waals surface area (Å²) in [5.41, 5.74) is -6.03. The van der Waals surface area contributed by atoms with Crippen molar-refractivity contribution in [2.45, 2.75) is 122 Å². The number of halogens is 3. The highest BCUT2D eigenvalue weighted by Gasteiger charge is 2.63. The Hall–Kier alpha value is -1.31. The van der Waals surface area contributed by atoms with E-state index >= 15 is 0 Å². The highest BCUT2D eigenvalue weighted by Crippen LogP contribution is 2.49. The van der Waals surface area contributed by atoms with E-state index in [0.29, 0.717) is 16.5 Å². The Morgan fingerprint density at radius 3 is 2.05 bits per heavy atom. The zero-order valence-corrected chi connectivity index (χ0v) is 23.9. The minimum Gasteiger partial charge on any atom is -0.435 e. The van der Waals surface area contributed by atoms with Crippen molar-refractivity contribution in [3.63, 3.8) is 0 Å². The van der Waals surface area contributed by atoms with Gasteiger partial charge in [-0.05, 0) is 74.7 Å². The summed E-state index contributed by atoms with van der Waals surface area (Å²) in [7, 11) is -0.397. The highest BCUT2D eigenvalue weighted by atomic mass is 19.4. The first-order chi connectivity index (χ1) is 16.9. The number of nitrogens with zero attached hydrogens (tertiary/aromatic N) is 1. The van der Waals surface area contributed by atoms with Gasteiger partial charge in [-0.1, -0.05) is 6.07 Å². The highest BCUT2D eigenvalue weighted by molar-refractivity contribution is 7.03. The van der Waals surface area contributed by atoms with E-state index in [1.54, 1.807) is 27.7 Å². The molecule has 3 heterocycles. The average molecular weight is 542 g/mol. The minimum atomic E-state index is -4.55. The lowest BCUT2D eigenvalue weighted by Gasteiger charge is -2.46. The molecule has 0 aromatic carbocycles. The van der Waals surface area contributed by atoms with E-state index in [9.17, 15) is 23.1 Å². The van der Waals surface area contributed by atoms with Gasteiger partial charge in [0.15, 0.2) is 0 Å². The molecule has 2 fully saturated rings. The first-order valence-electron chi connectivity index (χ1n) is 12.6. The summed E-state index contributed by atoms with van der Waals surface area (Å²) in [5, 5.41) is 10.4. The Kier molecular flexibility index (Phi) is 7.94. The van der Waals surface area contributed by atoms with E-state index in [2.05, 4.69) is 0 Å². The van der Waals surface area contributed by atoms with Crippen molar-refractivity contribution >= 4 is 27.0 Å². The molecule has 1 N–H and O–H groups in total. The molecule has 0 saturated carbocycles. The van der Waals surface area contributed by atoms with Crippen LogP contribution >= 0.6 is 0 Å². The third-order valence-electron chi connectivity index (χ3n) is 8.35. The molecule has 38 heavy (non-hydrogen) atoms. The van der Waals surface area contributed by atoms with Gasteiger partial charge in [0, 0.05) is 18.7 Å². The molecule has 14 heteroatoms. The number of hydrogen-bond donors (Lipinski definition) is 1. The summed E-state index contributed by atoms with van der Waals surface area (Å²) >= 11 is 0. The second-order valence-corrected chi connectivity index (χ2v) is 12.7. The molecule has 0 amide bonds. The lowest BCUT2D eigenvalue weighted by Crippen LogP contribution is -2.55. The first kappa shape index (κ1) is 31.2. The van der Waals surface area contributed by atoms with E-state index in [0.717, 1.165) is 12.3 Å². The molecule has 2 aliphatic heterocycles. The van der Waals surface area contributed by atoms with Crippen molar-refractivity contribution in [3.8, 4) is 0 Å². The maximum atomic E-state index is 13.0. The van der Waals surface area contributed by atoms with Crippen LogP contribution in [0.2, 0.25) is 0 Å². The molecule has 0 spiro atoms. The van der Waals surface area contributed by atoms with Gasteiger partial charge in [0.05, 0.1) is 33.6 Å². The van der Waals surface area contributed by atoms with E-state index in [1.165, 1.54) is 13.4 Å². The predicted octanol–water partition coefficient (Wildman–Crippen LogP) is 2.83. The molecule has 3 rings (SSSR count). The summed E-state index contributed by atoms with van der Waals surface area (Å²) in [4.78, 5) is 12.0. The number of hydrogen-bond acceptors (Lipinski definition) is 7. The Bertz CT molecular complexity index is 1090. The molecule has 1 aromatic rings. The largest absolute Gasteiger partial charge is 0.496 e. The lowest BCUT2D eigenvalue weighted by atomic mass is 9.55. The summed E-state index contributed by atoms with van der Waals surface area (Å²) < 4.78 is 70.3. The Labute approximate surface area is 224 Å². The normalized spacial score (nSPS) is 27.7. The number of aromatic nitrogens is 1. The summed E-state index contributed by atoms with van der Waals surface area (Å²) in [6.07, 6.45) is -3.12. The van der Waals surface area contributed by atoms with Crippen LogP contribution in [0, 0.1) is 0 Å². The van der Waals surface area contributed by atoms with E-state index in [1.807, 2.05) is 41.5 Å². The van der Waals surface area contributed by atoms with Crippen molar-refractivity contribution in [2.24, 2.45) is 0 Å². The lowest BCUT2D eigenvalue weighted by molar-refractivity contribution is -0.141. The van der Waals surface area contributed by atoms with Crippen LogP contribution < -0.4 is 11.0 Å². The van der Waals surface area contributed by atoms with Crippen LogP contribution in [0.3, 0.4) is 0 Å². The molecule has 211 valence electrons. The number of alkyl halides is 3. The first-order valence-corrected chi connectivity index (χ1v) is 12.6. The average Bonchev–Trinajstić information content (AvgIpc) is 3.07. The van der Waals surface area contributed by atoms with Gasteiger partial charge in [0.1, 0.15) is 6.54 Å². The predicted molar refractivity (Wildman–Crippen MR) is 139 cm³/mol. The molecule has 2 aliphatic rings. The van der Waals surface area contributed by atoms with Crippen molar-refractivity contribution in [1.82, 2.24) is 4.57 Å². The van der Waals surface area contributed by atoms with E-state index in [-0.39, 0.29) is 0 Å². The quantitative estimate of drug-likeness (QED) is 0.506. The molecular formula is C24H38B3F3NO7. The molecule has 2 unspecified atom stereocenters. The second kappa shape index (κ2) is 9.66. The second-order valence-electron chi connectivity index (χ2n) is 12.7. The van der Waals surface area contributed by atoms with E-state index < -0.39 is 66.0 Å². The molecule has 1 radical (unpaired) electrons. The monoisotopic (exact) mass is 542 g/mol. The summed E-state index contributed by atoms with van der Waals surface area (Å²) in [6, 6.07) is 2.49. The van der Waals surface area contributed by atoms with E-state index in [4.69, 9.17) is 23.3 Å². The van der Waals surface area contributed by atoms with Crippen molar-refractivity contribution in [2.75, 3.05) is 0 Å². The van der Waals surface area contributed by atoms with Gasteiger partial charge in [-0.3, -0.25) is 4.79 Å². The van der Waals surface area contributed by atoms with Gasteiger partial charge in [-0.2, -0.15) is 13.2 Å². The van der Waals surface area contributed by atoms with Gasteiger partial charge >= 0.3 is 27.7 Å².